The normalized spacial score (nSPS) is 14.3. The van der Waals surface area contributed by atoms with Crippen molar-refractivity contribution in [1.82, 2.24) is 5.32 Å². The predicted octanol–water partition coefficient (Wildman–Crippen LogP) is 3.19. The average Bonchev–Trinajstić information content (AvgIpc) is 2.28. The minimum absolute atomic E-state index is 0.000179. The molecule has 1 aromatic rings. The first-order chi connectivity index (χ1) is 9.05. The lowest BCUT2D eigenvalue weighted by molar-refractivity contribution is 0.157. The van der Waals surface area contributed by atoms with Gasteiger partial charge in [-0.15, -0.1) is 0 Å². The fourth-order valence-corrected chi connectivity index (χ4v) is 2.07. The fourth-order valence-electron chi connectivity index (χ4n) is 2.07. The van der Waals surface area contributed by atoms with E-state index in [4.69, 9.17) is 0 Å². The summed E-state index contributed by atoms with van der Waals surface area (Å²) in [5, 5.41) is 22.8. The molecule has 20 heavy (non-hydrogen) atoms. The highest BCUT2D eigenvalue weighted by Crippen LogP contribution is 2.28. The molecule has 1 rings (SSSR count). The van der Waals surface area contributed by atoms with Gasteiger partial charge in [0.25, 0.3) is 0 Å². The summed E-state index contributed by atoms with van der Waals surface area (Å²) >= 11 is 0. The molecule has 0 aliphatic heterocycles. The van der Waals surface area contributed by atoms with E-state index >= 15 is 0 Å². The van der Waals surface area contributed by atoms with E-state index in [0.717, 1.165) is 5.56 Å². The van der Waals surface area contributed by atoms with Gasteiger partial charge in [-0.3, -0.25) is 0 Å². The Morgan fingerprint density at radius 1 is 1.10 bits per heavy atom. The minimum atomic E-state index is -0.0218. The SMILES string of the molecule is CC(C)(C)c1ccc(O)c(CNC(CO)C(C)(C)C)c1. The first-order valence-corrected chi connectivity index (χ1v) is 7.22. The molecular weight excluding hydrogens is 250 g/mol. The van der Waals surface area contributed by atoms with Crippen LogP contribution in [-0.4, -0.2) is 22.9 Å². The van der Waals surface area contributed by atoms with Crippen LogP contribution in [0, 0.1) is 5.41 Å². The molecular formula is C17H29NO2. The van der Waals surface area contributed by atoms with Crippen molar-refractivity contribution in [1.29, 1.82) is 0 Å². The standard InChI is InChI=1S/C17H29NO2/c1-16(2,3)13-7-8-14(20)12(9-13)10-18-15(11-19)17(4,5)6/h7-9,15,18-20H,10-11H2,1-6H3. The number of hydrogen-bond donors (Lipinski definition) is 3. The average molecular weight is 279 g/mol. The third-order valence-corrected chi connectivity index (χ3v) is 3.71. The van der Waals surface area contributed by atoms with E-state index in [1.54, 1.807) is 6.07 Å². The zero-order valence-corrected chi connectivity index (χ0v) is 13.6. The van der Waals surface area contributed by atoms with Gasteiger partial charge >= 0.3 is 0 Å². The third-order valence-electron chi connectivity index (χ3n) is 3.71. The van der Waals surface area contributed by atoms with Crippen LogP contribution in [0.2, 0.25) is 0 Å². The number of hydrogen-bond acceptors (Lipinski definition) is 3. The van der Waals surface area contributed by atoms with Crippen LogP contribution >= 0.6 is 0 Å². The lowest BCUT2D eigenvalue weighted by atomic mass is 9.85. The van der Waals surface area contributed by atoms with Crippen LogP contribution in [0.3, 0.4) is 0 Å². The molecule has 1 unspecified atom stereocenters. The van der Waals surface area contributed by atoms with E-state index < -0.39 is 0 Å². The minimum Gasteiger partial charge on any atom is -0.508 e. The zero-order valence-electron chi connectivity index (χ0n) is 13.6. The molecule has 114 valence electrons. The van der Waals surface area contributed by atoms with Crippen LogP contribution in [0.25, 0.3) is 0 Å². The number of phenolic OH excluding ortho intramolecular Hbond substituents is 1. The summed E-state index contributed by atoms with van der Waals surface area (Å²) in [5.41, 5.74) is 2.11. The molecule has 1 atom stereocenters. The number of rotatable bonds is 4. The van der Waals surface area contributed by atoms with Crippen LogP contribution in [0.5, 0.6) is 5.75 Å². The van der Waals surface area contributed by atoms with Crippen molar-refractivity contribution >= 4 is 0 Å². The molecule has 0 spiro atoms. The largest absolute Gasteiger partial charge is 0.508 e. The number of aliphatic hydroxyl groups is 1. The third kappa shape index (κ3) is 4.50. The second-order valence-electron chi connectivity index (χ2n) is 7.58. The van der Waals surface area contributed by atoms with Crippen molar-refractivity contribution in [2.45, 2.75) is 59.5 Å². The smallest absolute Gasteiger partial charge is 0.120 e. The van der Waals surface area contributed by atoms with Gasteiger partial charge in [-0.1, -0.05) is 53.7 Å². The Hall–Kier alpha value is -1.06. The lowest BCUT2D eigenvalue weighted by Gasteiger charge is -2.30. The van der Waals surface area contributed by atoms with Gasteiger partial charge in [0.15, 0.2) is 0 Å². The van der Waals surface area contributed by atoms with Crippen LogP contribution in [0.15, 0.2) is 18.2 Å². The monoisotopic (exact) mass is 279 g/mol. The molecule has 3 heteroatoms. The Labute approximate surface area is 123 Å². The summed E-state index contributed by atoms with van der Waals surface area (Å²) in [6.07, 6.45) is 0. The van der Waals surface area contributed by atoms with Crippen LogP contribution in [0.1, 0.15) is 52.7 Å². The number of aliphatic hydroxyl groups excluding tert-OH is 1. The van der Waals surface area contributed by atoms with E-state index in [-0.39, 0.29) is 23.5 Å². The lowest BCUT2D eigenvalue weighted by Crippen LogP contribution is -2.42. The van der Waals surface area contributed by atoms with Crippen molar-refractivity contribution < 1.29 is 10.2 Å². The summed E-state index contributed by atoms with van der Waals surface area (Å²) in [6, 6.07) is 5.76. The number of benzene rings is 1. The number of nitrogens with one attached hydrogen (secondary N) is 1. The first-order valence-electron chi connectivity index (χ1n) is 7.22. The molecule has 0 radical (unpaired) electrons. The maximum Gasteiger partial charge on any atom is 0.120 e. The Bertz CT molecular complexity index is 441. The maximum absolute atomic E-state index is 9.99. The maximum atomic E-state index is 9.99. The van der Waals surface area contributed by atoms with E-state index in [1.807, 2.05) is 12.1 Å². The van der Waals surface area contributed by atoms with Gasteiger partial charge in [0.1, 0.15) is 5.75 Å². The first kappa shape index (κ1) is 17.0. The highest BCUT2D eigenvalue weighted by Gasteiger charge is 2.23. The molecule has 0 aliphatic carbocycles. The molecule has 0 aromatic heterocycles. The van der Waals surface area contributed by atoms with Gasteiger partial charge in [0.05, 0.1) is 6.61 Å². The van der Waals surface area contributed by atoms with Gasteiger partial charge in [0.2, 0.25) is 0 Å². The topological polar surface area (TPSA) is 52.5 Å². The van der Waals surface area contributed by atoms with Crippen molar-refractivity contribution in [3.05, 3.63) is 29.3 Å². The molecule has 0 saturated carbocycles. The molecule has 0 aliphatic rings. The van der Waals surface area contributed by atoms with E-state index in [2.05, 4.69) is 46.9 Å². The quantitative estimate of drug-likeness (QED) is 0.793. The fraction of sp³-hybridized carbons (Fsp3) is 0.647. The van der Waals surface area contributed by atoms with E-state index in [1.165, 1.54) is 5.56 Å². The molecule has 0 heterocycles. The van der Waals surface area contributed by atoms with Crippen molar-refractivity contribution in [2.75, 3.05) is 6.61 Å². The molecule has 0 fully saturated rings. The second kappa shape index (κ2) is 6.15. The molecule has 3 N–H and O–H groups in total. The summed E-state index contributed by atoms with van der Waals surface area (Å²) < 4.78 is 0. The van der Waals surface area contributed by atoms with Crippen molar-refractivity contribution in [3.63, 3.8) is 0 Å². The Morgan fingerprint density at radius 3 is 2.15 bits per heavy atom. The van der Waals surface area contributed by atoms with Gasteiger partial charge in [-0.2, -0.15) is 0 Å². The van der Waals surface area contributed by atoms with Crippen LogP contribution < -0.4 is 5.32 Å². The van der Waals surface area contributed by atoms with Gasteiger partial charge < -0.3 is 15.5 Å². The molecule has 0 saturated heterocycles. The van der Waals surface area contributed by atoms with Crippen LogP contribution in [0.4, 0.5) is 0 Å². The summed E-state index contributed by atoms with van der Waals surface area (Å²) in [7, 11) is 0. The number of aromatic hydroxyl groups is 1. The summed E-state index contributed by atoms with van der Waals surface area (Å²) in [6.45, 7) is 13.4. The summed E-state index contributed by atoms with van der Waals surface area (Å²) in [5.74, 6) is 0.302. The highest BCUT2D eigenvalue weighted by atomic mass is 16.3. The Morgan fingerprint density at radius 2 is 1.70 bits per heavy atom. The highest BCUT2D eigenvalue weighted by molar-refractivity contribution is 5.38. The van der Waals surface area contributed by atoms with Crippen molar-refractivity contribution in [3.8, 4) is 5.75 Å². The predicted molar refractivity (Wildman–Crippen MR) is 84.0 cm³/mol. The van der Waals surface area contributed by atoms with Gasteiger partial charge in [-0.25, -0.2) is 0 Å². The van der Waals surface area contributed by atoms with Gasteiger partial charge in [0, 0.05) is 18.2 Å². The van der Waals surface area contributed by atoms with Gasteiger partial charge in [-0.05, 0) is 22.5 Å². The zero-order chi connectivity index (χ0) is 15.6. The Kier molecular flexibility index (Phi) is 5.22. The van der Waals surface area contributed by atoms with Crippen LogP contribution in [-0.2, 0) is 12.0 Å². The van der Waals surface area contributed by atoms with E-state index in [0.29, 0.717) is 12.3 Å². The van der Waals surface area contributed by atoms with Crippen molar-refractivity contribution in [2.24, 2.45) is 5.41 Å². The number of phenols is 1. The second-order valence-corrected chi connectivity index (χ2v) is 7.58. The Balaban J connectivity index is 2.87. The van der Waals surface area contributed by atoms with E-state index in [9.17, 15) is 10.2 Å². The molecule has 3 nitrogen and oxygen atoms in total. The molecule has 1 aromatic carbocycles. The molecule has 0 bridgehead atoms. The molecule has 0 amide bonds. The summed E-state index contributed by atoms with van der Waals surface area (Å²) in [4.78, 5) is 0.